The van der Waals surface area contributed by atoms with Gasteiger partial charge in [-0.15, -0.1) is 0 Å². The van der Waals surface area contributed by atoms with E-state index in [0.29, 0.717) is 75.4 Å². The Morgan fingerprint density at radius 3 is 1.30 bits per heavy atom. The summed E-state index contributed by atoms with van der Waals surface area (Å²) in [5.74, 6) is 1.45. The maximum atomic E-state index is 13.1. The third kappa shape index (κ3) is 18.2. The highest BCUT2D eigenvalue weighted by Gasteiger charge is 2.33. The number of hydrogen-bond donors (Lipinski definition) is 3. The van der Waals surface area contributed by atoms with Crippen LogP contribution in [0.25, 0.3) is 101 Å². The van der Waals surface area contributed by atoms with Crippen molar-refractivity contribution >= 4 is 61.1 Å². The number of β-amino-alcohol motifs (C(OH)–C–C–N with tert-alkyl or cyclic N) is 2. The van der Waals surface area contributed by atoms with Crippen LogP contribution in [-0.4, -0.2) is 208 Å². The molecule has 18 heterocycles. The lowest BCUT2D eigenvalue weighted by atomic mass is 9.85. The van der Waals surface area contributed by atoms with Crippen LogP contribution in [0.15, 0.2) is 172 Å². The molecule has 16 aromatic rings. The predicted molar refractivity (Wildman–Crippen MR) is 503 cm³/mol. The molecule has 128 heavy (non-hydrogen) atoms. The van der Waals surface area contributed by atoms with Gasteiger partial charge in [-0.1, -0.05) is 43.7 Å². The first-order valence-electron chi connectivity index (χ1n) is 45.5. The summed E-state index contributed by atoms with van der Waals surface area (Å²) in [5, 5.41) is 41.9. The molecular formula is C99H115N23O6. The van der Waals surface area contributed by atoms with Crippen molar-refractivity contribution in [2.24, 2.45) is 14.1 Å². The maximum absolute atomic E-state index is 13.1. The SMILES string of the molecule is CCCN1CCC(c2cc(C)c3nc(-c4cc5c(C)nc(C)cn5n4)cc(=O)n3c2)CC1.Cc1cc(C2CCN(C3CCC3)CC2)cn2c(=O)cc(-c3ccc4nn(C)cc4c3)nc12.Cc1cc(C2CCN(CCO)CC2)cn2c(=O)cc(-c3ccc4nn(C)cc4c3)nc12.Cc1cn2nc(-c3cc(=O)n4cc(N5CCC(C)(NCCO)CC5)ccc4n3)cc2c(C)n1. The summed E-state index contributed by atoms with van der Waals surface area (Å²) < 4.78 is 13.9. The number of nitrogens with one attached hydrogen (secondary N) is 1. The smallest absolute Gasteiger partial charge is 0.258 e. The average Bonchev–Trinajstić information content (AvgIpc) is 1.21. The van der Waals surface area contributed by atoms with Gasteiger partial charge in [0, 0.05) is 135 Å². The van der Waals surface area contributed by atoms with Gasteiger partial charge >= 0.3 is 0 Å². The Labute approximate surface area is 742 Å². The van der Waals surface area contributed by atoms with Crippen LogP contribution in [0, 0.1) is 48.5 Å². The van der Waals surface area contributed by atoms with Gasteiger partial charge in [-0.2, -0.15) is 20.4 Å². The van der Waals surface area contributed by atoms with Gasteiger partial charge in [0.15, 0.2) is 0 Å². The lowest BCUT2D eigenvalue weighted by Crippen LogP contribution is -2.52. The van der Waals surface area contributed by atoms with E-state index in [9.17, 15) is 19.2 Å². The first kappa shape index (κ1) is 86.4. The monoisotopic (exact) mass is 1720 g/mol. The second kappa shape index (κ2) is 36.4. The van der Waals surface area contributed by atoms with Crippen molar-refractivity contribution in [2.75, 3.05) is 90.1 Å². The highest BCUT2D eigenvalue weighted by Crippen LogP contribution is 2.37. The molecule has 0 atom stereocenters. The van der Waals surface area contributed by atoms with Crippen LogP contribution in [-0.2, 0) is 14.1 Å². The first-order valence-corrected chi connectivity index (χ1v) is 45.5. The molecule has 0 spiro atoms. The van der Waals surface area contributed by atoms with E-state index in [1.54, 1.807) is 55.7 Å². The number of nitrogens with zero attached hydrogens (tertiary/aromatic N) is 22. The molecule has 14 aromatic heterocycles. The number of anilines is 1. The Hall–Kier alpha value is -12.4. The average molecular weight is 1720 g/mol. The number of hydrogen-bond acceptors (Lipinski definition) is 21. The topological polar surface area (TPSA) is 299 Å². The van der Waals surface area contributed by atoms with Crippen LogP contribution >= 0.6 is 0 Å². The minimum atomic E-state index is -0.133. The quantitative estimate of drug-likeness (QED) is 0.0809. The van der Waals surface area contributed by atoms with Crippen LogP contribution in [0.5, 0.6) is 0 Å². The molecule has 0 unspecified atom stereocenters. The van der Waals surface area contributed by atoms with E-state index in [-0.39, 0.29) is 41.0 Å². The third-order valence-corrected chi connectivity index (χ3v) is 27.0. The van der Waals surface area contributed by atoms with E-state index in [2.05, 4.69) is 100 Å². The summed E-state index contributed by atoms with van der Waals surface area (Å²) in [5.41, 5.74) is 23.3. The van der Waals surface area contributed by atoms with Crippen molar-refractivity contribution in [1.29, 1.82) is 0 Å². The summed E-state index contributed by atoms with van der Waals surface area (Å²) in [7, 11) is 3.82. The Morgan fingerprint density at radius 2 is 0.859 bits per heavy atom. The number of fused-ring (bicyclic) bond motifs is 8. The number of aryl methyl sites for hydroxylation is 9. The third-order valence-electron chi connectivity index (χ3n) is 27.0. The molecule has 0 bridgehead atoms. The van der Waals surface area contributed by atoms with Crippen LogP contribution in [0.4, 0.5) is 5.69 Å². The molecule has 5 aliphatic rings. The number of pyridine rings is 4. The molecule has 29 nitrogen and oxygen atoms in total. The van der Waals surface area contributed by atoms with Gasteiger partial charge in [0.1, 0.15) is 34.0 Å². The van der Waals surface area contributed by atoms with Crippen LogP contribution in [0.3, 0.4) is 0 Å². The van der Waals surface area contributed by atoms with Crippen molar-refractivity contribution in [3.8, 4) is 45.3 Å². The molecule has 2 aromatic carbocycles. The number of rotatable bonds is 16. The molecule has 0 amide bonds. The van der Waals surface area contributed by atoms with E-state index in [0.717, 1.165) is 185 Å². The standard InChI is InChI=1S/C26H29N5O.C25H30N6O.C24H29N7O2.C24H27N5O2/c1-17-12-20(18-8-10-30(11-9-18)22-4-3-5-22)16-31-25(32)14-24(27-26(17)31)19-6-7-23-21(13-19)15-29(2)28-23;1-5-8-29-9-6-19(7-10-29)20-11-16(2)25-27-21(13-24(32)30(25)15-20)22-12-23-18(4)26-17(3)14-31(23)28-22;1-16-14-31-21(17(2)26-16)12-20(28-31)19-13-23(33)30-15-18(4-5-22(30)27-19)29-9-6-24(3,7-10-29)25-8-11-32;1-16-11-19(17-5-7-28(8-6-17)9-10-30)15-29-23(31)13-22(25-24(16)29)18-3-4-21-20(12-18)14-27(2)26-21/h6-7,12-16,18,22H,3-5,8-11H2,1-2H3;11-15,19H,5-10H2,1-4H3;4-5,12-15,25,32H,6-11H2,1-3H3;3-4,11-15,17,30H,5-10H2,1-2H3. The van der Waals surface area contributed by atoms with Gasteiger partial charge < -0.3 is 35.1 Å². The van der Waals surface area contributed by atoms with Gasteiger partial charge in [0.25, 0.3) is 22.2 Å². The van der Waals surface area contributed by atoms with Gasteiger partial charge in [0.05, 0.1) is 98.9 Å². The Balaban J connectivity index is 0.000000115. The zero-order valence-electron chi connectivity index (χ0n) is 75.3. The summed E-state index contributed by atoms with van der Waals surface area (Å²) in [6.45, 7) is 29.6. The molecule has 662 valence electrons. The van der Waals surface area contributed by atoms with Gasteiger partial charge in [-0.3, -0.25) is 56.1 Å². The number of benzene rings is 2. The van der Waals surface area contributed by atoms with Crippen molar-refractivity contribution in [3.05, 3.63) is 250 Å². The minimum Gasteiger partial charge on any atom is -0.395 e. The number of likely N-dealkylation sites (tertiary alicyclic amines) is 3. The fourth-order valence-electron chi connectivity index (χ4n) is 19.7. The molecule has 4 aliphatic heterocycles. The largest absolute Gasteiger partial charge is 0.395 e. The summed E-state index contributed by atoms with van der Waals surface area (Å²) in [4.78, 5) is 90.3. The lowest BCUT2D eigenvalue weighted by molar-refractivity contribution is 0.0975. The highest BCUT2D eigenvalue weighted by atomic mass is 16.3. The number of piperidine rings is 4. The summed E-state index contributed by atoms with van der Waals surface area (Å²) >= 11 is 0. The molecule has 5 fully saturated rings. The maximum Gasteiger partial charge on any atom is 0.258 e. The fraction of sp³-hybridized carbons (Fsp3) is 0.414. The zero-order chi connectivity index (χ0) is 88.9. The van der Waals surface area contributed by atoms with Crippen molar-refractivity contribution in [1.82, 2.24) is 106 Å². The van der Waals surface area contributed by atoms with Gasteiger partial charge in [-0.25, -0.2) is 29.0 Å². The second-order valence-electron chi connectivity index (χ2n) is 36.3. The van der Waals surface area contributed by atoms with E-state index in [4.69, 9.17) is 30.1 Å². The minimum absolute atomic E-state index is 0.0202. The molecule has 1 saturated carbocycles. The molecule has 29 heteroatoms. The number of aromatic nitrogens is 18. The van der Waals surface area contributed by atoms with Crippen molar-refractivity contribution < 1.29 is 10.2 Å². The van der Waals surface area contributed by atoms with Gasteiger partial charge in [0.2, 0.25) is 0 Å². The van der Waals surface area contributed by atoms with Crippen LogP contribution in [0.2, 0.25) is 0 Å². The molecule has 3 N–H and O–H groups in total. The number of aliphatic hydroxyl groups is 2. The Kier molecular flexibility index (Phi) is 24.6. The highest BCUT2D eigenvalue weighted by molar-refractivity contribution is 5.85. The Bertz CT molecular complexity index is 7120. The number of aliphatic hydroxyl groups excluding tert-OH is 2. The van der Waals surface area contributed by atoms with Crippen molar-refractivity contribution in [2.45, 2.75) is 169 Å². The van der Waals surface area contributed by atoms with E-state index in [1.165, 1.54) is 74.8 Å². The first-order chi connectivity index (χ1) is 61.8. The van der Waals surface area contributed by atoms with E-state index >= 15 is 0 Å². The summed E-state index contributed by atoms with van der Waals surface area (Å²) in [6, 6.07) is 33.7. The van der Waals surface area contributed by atoms with Gasteiger partial charge in [-0.05, 0) is 271 Å². The molecule has 4 saturated heterocycles. The molecule has 1 aliphatic carbocycles. The zero-order valence-corrected chi connectivity index (χ0v) is 75.3. The van der Waals surface area contributed by atoms with Crippen LogP contribution in [0.1, 0.15) is 165 Å². The van der Waals surface area contributed by atoms with E-state index in [1.807, 2.05) is 164 Å². The normalized spacial score (nSPS) is 16.5. The Morgan fingerprint density at radius 1 is 0.422 bits per heavy atom. The second-order valence-corrected chi connectivity index (χ2v) is 36.3. The lowest BCUT2D eigenvalue weighted by Gasteiger charge is -2.42. The molecular weight excluding hydrogens is 1610 g/mol. The van der Waals surface area contributed by atoms with E-state index < -0.39 is 0 Å². The molecule has 0 radical (unpaired) electrons. The van der Waals surface area contributed by atoms with Crippen LogP contribution < -0.4 is 32.5 Å². The van der Waals surface area contributed by atoms with Crippen molar-refractivity contribution in [3.63, 3.8) is 0 Å². The predicted octanol–water partition coefficient (Wildman–Crippen LogP) is 12.9. The molecule has 21 rings (SSSR count). The summed E-state index contributed by atoms with van der Waals surface area (Å²) in [6.07, 6.45) is 29.6. The fourth-order valence-corrected chi connectivity index (χ4v) is 19.7.